The lowest BCUT2D eigenvalue weighted by Gasteiger charge is -2.34. The zero-order valence-electron chi connectivity index (χ0n) is 20.0. The quantitative estimate of drug-likeness (QED) is 0.248. The molecule has 0 spiro atoms. The maximum Gasteiger partial charge on any atom is 0.258 e. The first-order chi connectivity index (χ1) is 17.6. The molecule has 3 aliphatic heterocycles. The molecular weight excluding hydrogens is 526 g/mol. The van der Waals surface area contributed by atoms with Crippen LogP contribution in [0.4, 0.5) is 11.4 Å². The Morgan fingerprint density at radius 3 is 2.42 bits per heavy atom. The molecule has 0 aliphatic carbocycles. The number of anilines is 2. The number of nitrogens with one attached hydrogen (secondary N) is 2. The predicted octanol–water partition coefficient (Wildman–Crippen LogP) is 2.59. The molecule has 0 aromatic heterocycles. The number of carbonyl (C=O) groups excluding carboxylic acids is 1. The lowest BCUT2D eigenvalue weighted by atomic mass is 10.0. The molecule has 1 amide bonds. The minimum atomic E-state index is -0.161. The molecule has 36 heavy (non-hydrogen) atoms. The summed E-state index contributed by atoms with van der Waals surface area (Å²) in [6.45, 7) is 7.12. The van der Waals surface area contributed by atoms with Crippen LogP contribution in [0.1, 0.15) is 11.1 Å². The molecule has 2 aromatic rings. The van der Waals surface area contributed by atoms with Gasteiger partial charge in [-0.15, -0.1) is 0 Å². The van der Waals surface area contributed by atoms with Crippen LogP contribution in [0, 0.1) is 0 Å². The summed E-state index contributed by atoms with van der Waals surface area (Å²) in [5.41, 5.74) is 5.27. The normalized spacial score (nSPS) is 20.8. The summed E-state index contributed by atoms with van der Waals surface area (Å²) in [6.07, 6.45) is 0. The van der Waals surface area contributed by atoms with Crippen molar-refractivity contribution in [3.63, 3.8) is 0 Å². The number of halogens is 1. The van der Waals surface area contributed by atoms with E-state index < -0.39 is 0 Å². The highest BCUT2D eigenvalue weighted by Gasteiger charge is 2.34. The van der Waals surface area contributed by atoms with E-state index in [9.17, 15) is 4.79 Å². The van der Waals surface area contributed by atoms with E-state index in [4.69, 9.17) is 14.7 Å². The lowest BCUT2D eigenvalue weighted by molar-refractivity contribution is -0.110. The molecule has 3 aliphatic rings. The molecule has 0 unspecified atom stereocenters. The van der Waals surface area contributed by atoms with Gasteiger partial charge in [0.15, 0.2) is 0 Å². The topological polar surface area (TPSA) is 98.7 Å². The zero-order valence-corrected chi connectivity index (χ0v) is 21.6. The van der Waals surface area contributed by atoms with Crippen molar-refractivity contribution in [3.8, 4) is 0 Å². The molecule has 0 radical (unpaired) electrons. The van der Waals surface area contributed by atoms with Crippen molar-refractivity contribution < 1.29 is 19.5 Å². The van der Waals surface area contributed by atoms with Crippen LogP contribution in [-0.2, 0) is 14.4 Å². The van der Waals surface area contributed by atoms with Crippen LogP contribution in [0.25, 0.3) is 5.57 Å². The minimum absolute atomic E-state index is 0.0660. The summed E-state index contributed by atoms with van der Waals surface area (Å²) < 4.78 is 6.27. The van der Waals surface area contributed by atoms with E-state index in [0.29, 0.717) is 36.8 Å². The second-order valence-corrected chi connectivity index (χ2v) is 9.77. The highest BCUT2D eigenvalue weighted by Crippen LogP contribution is 2.40. The fraction of sp³-hybridized carbons (Fsp3) is 0.385. The van der Waals surface area contributed by atoms with Gasteiger partial charge in [-0.25, -0.2) is 0 Å². The van der Waals surface area contributed by atoms with Gasteiger partial charge < -0.3 is 25.3 Å². The Morgan fingerprint density at radius 1 is 0.917 bits per heavy atom. The minimum Gasteiger partial charge on any atom is -0.394 e. The smallest absolute Gasteiger partial charge is 0.258 e. The fourth-order valence-corrected chi connectivity index (χ4v) is 5.03. The van der Waals surface area contributed by atoms with Crippen molar-refractivity contribution in [2.45, 2.75) is 0 Å². The van der Waals surface area contributed by atoms with Crippen molar-refractivity contribution in [1.82, 2.24) is 9.80 Å². The number of nitrogens with zero attached hydrogens (tertiary/aromatic N) is 3. The number of hydrogen-bond donors (Lipinski definition) is 3. The van der Waals surface area contributed by atoms with Gasteiger partial charge in [-0.05, 0) is 24.3 Å². The number of rotatable bonds is 9. The highest BCUT2D eigenvalue weighted by molar-refractivity contribution is 9.10. The van der Waals surface area contributed by atoms with Crippen molar-refractivity contribution in [1.29, 1.82) is 0 Å². The third-order valence-corrected chi connectivity index (χ3v) is 7.06. The first-order valence-electron chi connectivity index (χ1n) is 12.2. The number of para-hydroxylation sites is 1. The van der Waals surface area contributed by atoms with E-state index in [1.165, 1.54) is 0 Å². The molecule has 1 saturated heterocycles. The van der Waals surface area contributed by atoms with Gasteiger partial charge in [0.1, 0.15) is 12.3 Å². The molecule has 10 heteroatoms. The average molecular weight is 556 g/mol. The molecule has 3 heterocycles. The highest BCUT2D eigenvalue weighted by atomic mass is 79.9. The van der Waals surface area contributed by atoms with Crippen molar-refractivity contribution in [2.24, 2.45) is 5.16 Å². The maximum absolute atomic E-state index is 12.9. The third-order valence-electron chi connectivity index (χ3n) is 6.56. The van der Waals surface area contributed by atoms with E-state index >= 15 is 0 Å². The van der Waals surface area contributed by atoms with E-state index in [2.05, 4.69) is 41.5 Å². The molecule has 190 valence electrons. The molecule has 5 rings (SSSR count). The Bertz CT molecular complexity index is 1180. The summed E-state index contributed by atoms with van der Waals surface area (Å²) in [7, 11) is 0. The molecule has 2 aromatic carbocycles. The molecule has 0 atom stereocenters. The molecule has 3 N–H and O–H groups in total. The summed E-state index contributed by atoms with van der Waals surface area (Å²) in [5, 5.41) is 19.6. The zero-order chi connectivity index (χ0) is 24.9. The lowest BCUT2D eigenvalue weighted by Crippen LogP contribution is -2.48. The first kappa shape index (κ1) is 24.9. The van der Waals surface area contributed by atoms with Crippen LogP contribution >= 0.6 is 15.9 Å². The second-order valence-electron chi connectivity index (χ2n) is 8.86. The van der Waals surface area contributed by atoms with Gasteiger partial charge in [0.05, 0.1) is 31.1 Å². The van der Waals surface area contributed by atoms with Crippen molar-refractivity contribution in [2.75, 3.05) is 76.3 Å². The number of ether oxygens (including phenoxy) is 1. The number of allylic oxidation sites excluding steroid dienone is 1. The van der Waals surface area contributed by atoms with Crippen molar-refractivity contribution >= 4 is 44.5 Å². The number of aliphatic hydroxyl groups is 1. The number of piperazine rings is 1. The number of hydrogen-bond acceptors (Lipinski definition) is 8. The Balaban J connectivity index is 1.24. The van der Waals surface area contributed by atoms with E-state index in [-0.39, 0.29) is 12.5 Å². The number of benzene rings is 2. The summed E-state index contributed by atoms with van der Waals surface area (Å²) in [4.78, 5) is 23.5. The number of amides is 1. The van der Waals surface area contributed by atoms with E-state index in [1.807, 2.05) is 42.5 Å². The van der Waals surface area contributed by atoms with Gasteiger partial charge >= 0.3 is 0 Å². The third kappa shape index (κ3) is 5.47. The van der Waals surface area contributed by atoms with E-state index in [0.717, 1.165) is 66.2 Å². The largest absolute Gasteiger partial charge is 0.394 e. The van der Waals surface area contributed by atoms with Crippen LogP contribution in [0.2, 0.25) is 0 Å². The molecular formula is C26H30BrN5O4. The van der Waals surface area contributed by atoms with Crippen molar-refractivity contribution in [3.05, 3.63) is 63.8 Å². The Hall–Kier alpha value is -2.76. The van der Waals surface area contributed by atoms with E-state index in [1.54, 1.807) is 0 Å². The second kappa shape index (κ2) is 11.5. The number of oxime groups is 1. The maximum atomic E-state index is 12.9. The van der Waals surface area contributed by atoms with Gasteiger partial charge in [-0.1, -0.05) is 39.3 Å². The van der Waals surface area contributed by atoms with Crippen LogP contribution < -0.4 is 10.6 Å². The van der Waals surface area contributed by atoms with Gasteiger partial charge in [0.2, 0.25) is 0 Å². The standard InChI is InChI=1S/C26H30BrN5O4/c27-18-5-6-22-20(17-18)23(26(34)29-22)25-24(19-3-1-2-4-21(19)28-25)30-36-15-12-32-9-7-31(8-10-32)11-14-35-16-13-33/h1-6,17,28,33H,7-16H2,(H,29,34)/b25-23-,30-24+. The predicted molar refractivity (Wildman–Crippen MR) is 143 cm³/mol. The van der Waals surface area contributed by atoms with Crippen LogP contribution in [0.3, 0.4) is 0 Å². The van der Waals surface area contributed by atoms with Gasteiger partial charge in [0, 0.05) is 66.2 Å². The SMILES string of the molecule is O=C1Nc2ccc(Br)cc2/C1=C1/Nc2ccccc2/C1=N\OCCN1CCN(CCOCCO)CC1. The van der Waals surface area contributed by atoms with Crippen LogP contribution in [0.15, 0.2) is 57.8 Å². The Kier molecular flexibility index (Phi) is 7.98. The summed E-state index contributed by atoms with van der Waals surface area (Å²) in [6, 6.07) is 13.6. The molecule has 9 nitrogen and oxygen atoms in total. The first-order valence-corrected chi connectivity index (χ1v) is 13.0. The Morgan fingerprint density at radius 2 is 1.64 bits per heavy atom. The summed E-state index contributed by atoms with van der Waals surface area (Å²) in [5.74, 6) is -0.161. The molecule has 1 fully saturated rings. The monoisotopic (exact) mass is 555 g/mol. The van der Waals surface area contributed by atoms with Crippen LogP contribution in [0.5, 0.6) is 0 Å². The number of carbonyl (C=O) groups is 1. The fourth-order valence-electron chi connectivity index (χ4n) is 4.67. The average Bonchev–Trinajstić information content (AvgIpc) is 3.41. The van der Waals surface area contributed by atoms with Gasteiger partial charge in [-0.3, -0.25) is 14.6 Å². The van der Waals surface area contributed by atoms with Gasteiger partial charge in [0.25, 0.3) is 5.91 Å². The number of fused-ring (bicyclic) bond motifs is 2. The summed E-state index contributed by atoms with van der Waals surface area (Å²) >= 11 is 3.52. The van der Waals surface area contributed by atoms with Gasteiger partial charge in [-0.2, -0.15) is 0 Å². The number of aliphatic hydroxyl groups excluding tert-OH is 1. The Labute approximate surface area is 218 Å². The van der Waals surface area contributed by atoms with Crippen LogP contribution in [-0.4, -0.2) is 92.2 Å². The molecule has 0 bridgehead atoms. The molecule has 0 saturated carbocycles.